The van der Waals surface area contributed by atoms with Gasteiger partial charge in [0.05, 0.1) is 6.10 Å². The molecule has 0 bridgehead atoms. The first-order valence-corrected chi connectivity index (χ1v) is 5.84. The van der Waals surface area contributed by atoms with Crippen molar-refractivity contribution < 1.29 is 9.84 Å². The van der Waals surface area contributed by atoms with E-state index < -0.39 is 0 Å². The third kappa shape index (κ3) is 3.94. The number of rotatable bonds is 7. The molecule has 0 fully saturated rings. The molecular formula is C12H22N2O2. The van der Waals surface area contributed by atoms with Gasteiger partial charge in [-0.25, -0.2) is 4.98 Å². The molecule has 1 rings (SSSR count). The van der Waals surface area contributed by atoms with Crippen molar-refractivity contribution in [2.24, 2.45) is 5.92 Å². The van der Waals surface area contributed by atoms with Crippen LogP contribution in [0.1, 0.15) is 26.1 Å². The van der Waals surface area contributed by atoms with Gasteiger partial charge in [-0.3, -0.25) is 0 Å². The van der Waals surface area contributed by atoms with Crippen LogP contribution in [0.3, 0.4) is 0 Å². The van der Waals surface area contributed by atoms with Gasteiger partial charge in [-0.1, -0.05) is 6.92 Å². The molecule has 1 aromatic heterocycles. The van der Waals surface area contributed by atoms with Crippen molar-refractivity contribution in [1.82, 2.24) is 9.55 Å². The quantitative estimate of drug-likeness (QED) is 0.766. The molecule has 0 aliphatic carbocycles. The SMILES string of the molecule is CCn1ccnc1CC(O)CC(C)COC. The number of aromatic nitrogens is 2. The number of aliphatic hydroxyl groups is 1. The molecule has 4 heteroatoms. The predicted molar refractivity (Wildman–Crippen MR) is 63.3 cm³/mol. The lowest BCUT2D eigenvalue weighted by Gasteiger charge is -2.15. The highest BCUT2D eigenvalue weighted by Crippen LogP contribution is 2.11. The van der Waals surface area contributed by atoms with Crippen molar-refractivity contribution in [1.29, 1.82) is 0 Å². The summed E-state index contributed by atoms with van der Waals surface area (Å²) in [5.41, 5.74) is 0. The number of aryl methyl sites for hydroxylation is 1. The van der Waals surface area contributed by atoms with Crippen molar-refractivity contribution in [2.75, 3.05) is 13.7 Å². The first-order valence-electron chi connectivity index (χ1n) is 5.84. The molecule has 0 spiro atoms. The molecule has 4 nitrogen and oxygen atoms in total. The van der Waals surface area contributed by atoms with E-state index in [-0.39, 0.29) is 6.10 Å². The molecule has 0 aliphatic rings. The molecule has 0 radical (unpaired) electrons. The zero-order valence-electron chi connectivity index (χ0n) is 10.4. The van der Waals surface area contributed by atoms with Crippen LogP contribution in [0.4, 0.5) is 0 Å². The maximum Gasteiger partial charge on any atom is 0.111 e. The number of ether oxygens (including phenoxy) is 1. The van der Waals surface area contributed by atoms with Crippen molar-refractivity contribution in [3.05, 3.63) is 18.2 Å². The Morgan fingerprint density at radius 2 is 2.31 bits per heavy atom. The van der Waals surface area contributed by atoms with Crippen LogP contribution in [0.25, 0.3) is 0 Å². The Bertz CT molecular complexity index is 299. The molecule has 92 valence electrons. The van der Waals surface area contributed by atoms with E-state index in [1.807, 2.05) is 6.20 Å². The molecule has 0 saturated heterocycles. The highest BCUT2D eigenvalue weighted by molar-refractivity contribution is 4.94. The zero-order chi connectivity index (χ0) is 12.0. The molecule has 1 aromatic rings. The van der Waals surface area contributed by atoms with E-state index in [0.717, 1.165) is 18.8 Å². The minimum atomic E-state index is -0.335. The minimum absolute atomic E-state index is 0.335. The van der Waals surface area contributed by atoms with Crippen LogP contribution < -0.4 is 0 Å². The van der Waals surface area contributed by atoms with Crippen molar-refractivity contribution >= 4 is 0 Å². The monoisotopic (exact) mass is 226 g/mol. The number of aliphatic hydroxyl groups excluding tert-OH is 1. The maximum absolute atomic E-state index is 9.93. The van der Waals surface area contributed by atoms with Crippen LogP contribution in [0.2, 0.25) is 0 Å². The third-order valence-corrected chi connectivity index (χ3v) is 2.69. The lowest BCUT2D eigenvalue weighted by atomic mass is 10.0. The van der Waals surface area contributed by atoms with Crippen molar-refractivity contribution in [2.45, 2.75) is 39.3 Å². The average Bonchev–Trinajstić information content (AvgIpc) is 2.65. The predicted octanol–water partition coefficient (Wildman–Crippen LogP) is 1.48. The van der Waals surface area contributed by atoms with Crippen molar-refractivity contribution in [3.63, 3.8) is 0 Å². The van der Waals surface area contributed by atoms with Gasteiger partial charge in [0.2, 0.25) is 0 Å². The lowest BCUT2D eigenvalue weighted by Crippen LogP contribution is -2.19. The smallest absolute Gasteiger partial charge is 0.111 e. The number of nitrogens with zero attached hydrogens (tertiary/aromatic N) is 2. The normalized spacial score (nSPS) is 15.0. The van der Waals surface area contributed by atoms with Crippen LogP contribution in [0, 0.1) is 5.92 Å². The summed E-state index contributed by atoms with van der Waals surface area (Å²) in [5.74, 6) is 1.34. The first kappa shape index (κ1) is 13.2. The van der Waals surface area contributed by atoms with Crippen LogP contribution >= 0.6 is 0 Å². The van der Waals surface area contributed by atoms with Gasteiger partial charge in [-0.15, -0.1) is 0 Å². The second-order valence-electron chi connectivity index (χ2n) is 4.28. The first-order chi connectivity index (χ1) is 7.67. The van der Waals surface area contributed by atoms with E-state index in [1.54, 1.807) is 13.3 Å². The Balaban J connectivity index is 2.42. The Morgan fingerprint density at radius 3 is 2.94 bits per heavy atom. The van der Waals surface area contributed by atoms with Gasteiger partial charge in [-0.2, -0.15) is 0 Å². The molecule has 2 unspecified atom stereocenters. The topological polar surface area (TPSA) is 47.3 Å². The summed E-state index contributed by atoms with van der Waals surface area (Å²) in [6.45, 7) is 5.75. The molecule has 0 aromatic carbocycles. The Kier molecular flexibility index (Phi) is 5.49. The van der Waals surface area contributed by atoms with Gasteiger partial charge >= 0.3 is 0 Å². The van der Waals surface area contributed by atoms with Crippen LogP contribution in [0.15, 0.2) is 12.4 Å². The molecule has 0 aliphatic heterocycles. The highest BCUT2D eigenvalue weighted by atomic mass is 16.5. The van der Waals surface area contributed by atoms with E-state index in [4.69, 9.17) is 4.74 Å². The fraction of sp³-hybridized carbons (Fsp3) is 0.750. The molecule has 16 heavy (non-hydrogen) atoms. The zero-order valence-corrected chi connectivity index (χ0v) is 10.4. The second-order valence-corrected chi connectivity index (χ2v) is 4.28. The van der Waals surface area contributed by atoms with Gasteiger partial charge in [0.15, 0.2) is 0 Å². The summed E-state index contributed by atoms with van der Waals surface area (Å²) in [6.07, 6.45) is 4.77. The van der Waals surface area contributed by atoms with Crippen LogP contribution in [-0.2, 0) is 17.7 Å². The molecular weight excluding hydrogens is 204 g/mol. The third-order valence-electron chi connectivity index (χ3n) is 2.69. The number of hydrogen-bond acceptors (Lipinski definition) is 3. The van der Waals surface area contributed by atoms with Gasteiger partial charge < -0.3 is 14.4 Å². The molecule has 0 saturated carbocycles. The highest BCUT2D eigenvalue weighted by Gasteiger charge is 2.13. The summed E-state index contributed by atoms with van der Waals surface area (Å²) in [5, 5.41) is 9.93. The summed E-state index contributed by atoms with van der Waals surface area (Å²) in [7, 11) is 1.69. The van der Waals surface area contributed by atoms with Gasteiger partial charge in [0.25, 0.3) is 0 Å². The van der Waals surface area contributed by atoms with Crippen LogP contribution in [0.5, 0.6) is 0 Å². The fourth-order valence-electron chi connectivity index (χ4n) is 1.93. The van der Waals surface area contributed by atoms with E-state index in [9.17, 15) is 5.11 Å². The molecule has 0 amide bonds. The average molecular weight is 226 g/mol. The fourth-order valence-corrected chi connectivity index (χ4v) is 1.93. The molecule has 2 atom stereocenters. The summed E-state index contributed by atoms with van der Waals surface area (Å²) < 4.78 is 7.11. The van der Waals surface area contributed by atoms with Gasteiger partial charge in [0.1, 0.15) is 5.82 Å². The standard InChI is InChI=1S/C12H22N2O2/c1-4-14-6-5-13-12(14)8-11(15)7-10(2)9-16-3/h5-6,10-11,15H,4,7-9H2,1-3H3. The molecule has 1 N–H and O–H groups in total. The molecule has 1 heterocycles. The second kappa shape index (κ2) is 6.66. The van der Waals surface area contributed by atoms with Gasteiger partial charge in [-0.05, 0) is 19.3 Å². The minimum Gasteiger partial charge on any atom is -0.393 e. The van der Waals surface area contributed by atoms with Gasteiger partial charge in [0, 0.05) is 39.1 Å². The summed E-state index contributed by atoms with van der Waals surface area (Å²) in [4.78, 5) is 4.25. The number of hydrogen-bond donors (Lipinski definition) is 1. The maximum atomic E-state index is 9.93. The lowest BCUT2D eigenvalue weighted by molar-refractivity contribution is 0.1000. The van der Waals surface area contributed by atoms with E-state index in [2.05, 4.69) is 23.4 Å². The van der Waals surface area contributed by atoms with E-state index >= 15 is 0 Å². The Labute approximate surface area is 97.3 Å². The van der Waals surface area contributed by atoms with Crippen LogP contribution in [-0.4, -0.2) is 34.5 Å². The summed E-state index contributed by atoms with van der Waals surface area (Å²) >= 11 is 0. The number of methoxy groups -OCH3 is 1. The largest absolute Gasteiger partial charge is 0.393 e. The summed E-state index contributed by atoms with van der Waals surface area (Å²) in [6, 6.07) is 0. The Morgan fingerprint density at radius 1 is 1.56 bits per heavy atom. The van der Waals surface area contributed by atoms with E-state index in [1.165, 1.54) is 0 Å². The van der Waals surface area contributed by atoms with E-state index in [0.29, 0.717) is 18.9 Å². The number of imidazole rings is 1. The Hall–Kier alpha value is -0.870. The van der Waals surface area contributed by atoms with Crippen molar-refractivity contribution in [3.8, 4) is 0 Å².